The molecule has 1 spiro atoms. The van der Waals surface area contributed by atoms with Crippen LogP contribution in [0.2, 0.25) is 0 Å². The number of epoxide rings is 1. The van der Waals surface area contributed by atoms with Crippen LogP contribution in [0.25, 0.3) is 0 Å². The van der Waals surface area contributed by atoms with Crippen molar-refractivity contribution in [3.63, 3.8) is 0 Å². The van der Waals surface area contributed by atoms with Crippen LogP contribution in [0.1, 0.15) is 66.2 Å². The summed E-state index contributed by atoms with van der Waals surface area (Å²) < 4.78 is 6.51. The second-order valence-electron chi connectivity index (χ2n) is 12.6. The Balaban J connectivity index is 1.25. The monoisotopic (exact) mass is 407 g/mol. The molecule has 3 saturated heterocycles. The summed E-state index contributed by atoms with van der Waals surface area (Å²) in [6.07, 6.45) is 14.4. The minimum absolute atomic E-state index is 0.105. The molecule has 0 N–H and O–H groups in total. The van der Waals surface area contributed by atoms with E-state index in [0.29, 0.717) is 23.4 Å². The van der Waals surface area contributed by atoms with E-state index in [1.54, 1.807) is 0 Å². The van der Waals surface area contributed by atoms with E-state index in [1.165, 1.54) is 44.2 Å². The molecule has 11 atom stereocenters. The molecule has 6 fully saturated rings. The Bertz CT molecular complexity index is 891. The number of fused-ring (bicyclic) bond motifs is 8. The van der Waals surface area contributed by atoms with Crippen LogP contribution >= 0.6 is 0 Å². The maximum absolute atomic E-state index is 12.0. The highest BCUT2D eigenvalue weighted by molar-refractivity contribution is 6.01. The van der Waals surface area contributed by atoms with Crippen LogP contribution in [0.3, 0.4) is 0 Å². The summed E-state index contributed by atoms with van der Waals surface area (Å²) in [5.41, 5.74) is 2.10. The molecule has 0 aromatic carbocycles. The summed E-state index contributed by atoms with van der Waals surface area (Å²) in [4.78, 5) is 14.9. The summed E-state index contributed by atoms with van der Waals surface area (Å²) in [5, 5.41) is 0. The fraction of sp³-hybridized carbons (Fsp3) is 0.815. The summed E-state index contributed by atoms with van der Waals surface area (Å²) >= 11 is 0. The molecule has 0 aromatic rings. The molecule has 3 unspecified atom stereocenters. The number of ketones is 1. The van der Waals surface area contributed by atoms with Crippen molar-refractivity contribution in [2.75, 3.05) is 6.54 Å². The lowest BCUT2D eigenvalue weighted by Crippen LogP contribution is -2.51. The number of nitrogens with zero attached hydrogens (tertiary/aromatic N) is 1. The highest BCUT2D eigenvalue weighted by Crippen LogP contribution is 2.73. The van der Waals surface area contributed by atoms with E-state index in [9.17, 15) is 4.79 Å². The van der Waals surface area contributed by atoms with Gasteiger partial charge in [-0.3, -0.25) is 9.69 Å². The molecule has 0 amide bonds. The Kier molecular flexibility index (Phi) is 3.42. The molecule has 7 aliphatic rings. The third-order valence-electron chi connectivity index (χ3n) is 11.6. The first-order chi connectivity index (χ1) is 14.3. The minimum atomic E-state index is 0.105. The third kappa shape index (κ3) is 1.95. The zero-order valence-electron chi connectivity index (χ0n) is 19.1. The standard InChI is InChI=1S/C27H37NO2/c1-15-11-23-27(30-23)16(2)24-22(28(27)14-15)13-21-19-6-5-17-12-18(29)7-9-25(17,3)20(19)8-10-26(21,24)4/h7,9,12,15-16,19-24H,5-6,8,10-11,13-14H2,1-4H3/t15-,16?,19+,20-,21-,22-,23+,24?,25-,26-,27?/m0/s1. The Morgan fingerprint density at radius 3 is 2.80 bits per heavy atom. The van der Waals surface area contributed by atoms with E-state index in [1.807, 2.05) is 12.2 Å². The van der Waals surface area contributed by atoms with Gasteiger partial charge in [0.1, 0.15) is 6.10 Å². The van der Waals surface area contributed by atoms with Crippen molar-refractivity contribution in [2.24, 2.45) is 46.3 Å². The van der Waals surface area contributed by atoms with Crippen molar-refractivity contribution in [1.29, 1.82) is 0 Å². The normalized spacial score (nSPS) is 60.7. The fourth-order valence-corrected chi connectivity index (χ4v) is 10.4. The van der Waals surface area contributed by atoms with Crippen molar-refractivity contribution in [3.8, 4) is 0 Å². The number of hydrogen-bond donors (Lipinski definition) is 0. The van der Waals surface area contributed by atoms with Gasteiger partial charge in [0, 0.05) is 23.9 Å². The van der Waals surface area contributed by atoms with Crippen LogP contribution in [0.15, 0.2) is 23.8 Å². The van der Waals surface area contributed by atoms with Gasteiger partial charge in [0.2, 0.25) is 0 Å². The SMILES string of the molecule is CC1C2[C@H](C[C@H]3[C@@H]4CCC5=CC(=O)C=C[C@]5(C)[C@H]4CC[C@]23C)N2C[C@@H](C)C[C@H]3OC132. The number of rotatable bonds is 0. The Hall–Kier alpha value is -0.930. The van der Waals surface area contributed by atoms with E-state index in [2.05, 4.69) is 38.7 Å². The van der Waals surface area contributed by atoms with Gasteiger partial charge in [-0.15, -0.1) is 0 Å². The Labute approximate surface area is 181 Å². The highest BCUT2D eigenvalue weighted by atomic mass is 16.6. The largest absolute Gasteiger partial charge is 0.350 e. The van der Waals surface area contributed by atoms with Gasteiger partial charge in [-0.05, 0) is 85.7 Å². The lowest BCUT2D eigenvalue weighted by atomic mass is 9.47. The third-order valence-corrected chi connectivity index (χ3v) is 11.6. The number of allylic oxidation sites excluding steroid dienone is 4. The maximum Gasteiger partial charge on any atom is 0.178 e. The van der Waals surface area contributed by atoms with E-state index >= 15 is 0 Å². The van der Waals surface area contributed by atoms with Crippen LogP contribution < -0.4 is 0 Å². The van der Waals surface area contributed by atoms with Crippen LogP contribution in [-0.2, 0) is 9.53 Å². The number of ether oxygens (including phenoxy) is 1. The van der Waals surface area contributed by atoms with Gasteiger partial charge in [0.15, 0.2) is 11.5 Å². The second kappa shape index (κ2) is 5.52. The molecular weight excluding hydrogens is 370 g/mol. The number of carbonyl (C=O) groups is 1. The van der Waals surface area contributed by atoms with Crippen molar-refractivity contribution in [1.82, 2.24) is 4.90 Å². The topological polar surface area (TPSA) is 32.8 Å². The van der Waals surface area contributed by atoms with E-state index in [4.69, 9.17) is 4.74 Å². The van der Waals surface area contributed by atoms with Gasteiger partial charge in [-0.2, -0.15) is 0 Å². The summed E-state index contributed by atoms with van der Waals surface area (Å²) in [6.45, 7) is 11.3. The number of hydrogen-bond acceptors (Lipinski definition) is 3. The quantitative estimate of drug-likeness (QED) is 0.531. The lowest BCUT2D eigenvalue weighted by Gasteiger charge is -2.57. The Morgan fingerprint density at radius 1 is 1.13 bits per heavy atom. The first-order valence-corrected chi connectivity index (χ1v) is 12.7. The molecular formula is C27H37NO2. The van der Waals surface area contributed by atoms with Crippen LogP contribution in [0, 0.1) is 46.3 Å². The molecule has 30 heavy (non-hydrogen) atoms. The number of piperidine rings is 1. The van der Waals surface area contributed by atoms with E-state index in [-0.39, 0.29) is 16.9 Å². The van der Waals surface area contributed by atoms with Gasteiger partial charge >= 0.3 is 0 Å². The Morgan fingerprint density at radius 2 is 1.97 bits per heavy atom. The van der Waals surface area contributed by atoms with Crippen molar-refractivity contribution < 1.29 is 9.53 Å². The summed E-state index contributed by atoms with van der Waals surface area (Å²) in [7, 11) is 0. The van der Waals surface area contributed by atoms with Gasteiger partial charge in [-0.1, -0.05) is 39.3 Å². The zero-order chi connectivity index (χ0) is 20.6. The average molecular weight is 408 g/mol. The molecule has 0 aromatic heterocycles. The van der Waals surface area contributed by atoms with Gasteiger partial charge in [0.25, 0.3) is 0 Å². The van der Waals surface area contributed by atoms with Crippen molar-refractivity contribution in [2.45, 2.75) is 84.1 Å². The van der Waals surface area contributed by atoms with Crippen LogP contribution in [0.4, 0.5) is 0 Å². The summed E-state index contributed by atoms with van der Waals surface area (Å²) in [6, 6.07) is 0.731. The molecule has 3 aliphatic heterocycles. The molecule has 3 saturated carbocycles. The first-order valence-electron chi connectivity index (χ1n) is 12.7. The molecule has 3 heteroatoms. The molecule has 0 radical (unpaired) electrons. The maximum atomic E-state index is 12.0. The van der Waals surface area contributed by atoms with Crippen molar-refractivity contribution in [3.05, 3.63) is 23.8 Å². The molecule has 3 heterocycles. The van der Waals surface area contributed by atoms with Gasteiger partial charge in [0.05, 0.1) is 0 Å². The molecule has 3 nitrogen and oxygen atoms in total. The number of carbonyl (C=O) groups excluding carboxylic acids is 1. The summed E-state index contributed by atoms with van der Waals surface area (Å²) in [5.74, 6) is 4.81. The molecule has 7 rings (SSSR count). The van der Waals surface area contributed by atoms with Crippen LogP contribution in [-0.4, -0.2) is 35.1 Å². The first kappa shape index (κ1) is 18.6. The van der Waals surface area contributed by atoms with Gasteiger partial charge < -0.3 is 4.74 Å². The minimum Gasteiger partial charge on any atom is -0.350 e. The molecule has 4 aliphatic carbocycles. The molecule has 0 bridgehead atoms. The highest BCUT2D eigenvalue weighted by Gasteiger charge is 2.78. The molecule has 162 valence electrons. The van der Waals surface area contributed by atoms with Gasteiger partial charge in [-0.25, -0.2) is 0 Å². The van der Waals surface area contributed by atoms with E-state index in [0.717, 1.165) is 36.1 Å². The van der Waals surface area contributed by atoms with Crippen LogP contribution in [0.5, 0.6) is 0 Å². The van der Waals surface area contributed by atoms with Crippen molar-refractivity contribution >= 4 is 5.78 Å². The zero-order valence-corrected chi connectivity index (χ0v) is 19.1. The second-order valence-corrected chi connectivity index (χ2v) is 12.6. The predicted molar refractivity (Wildman–Crippen MR) is 117 cm³/mol. The predicted octanol–water partition coefficient (Wildman–Crippen LogP) is 4.98. The lowest BCUT2D eigenvalue weighted by molar-refractivity contribution is -0.111. The fourth-order valence-electron chi connectivity index (χ4n) is 10.4. The smallest absolute Gasteiger partial charge is 0.178 e. The van der Waals surface area contributed by atoms with E-state index < -0.39 is 0 Å². The average Bonchev–Trinajstić information content (AvgIpc) is 3.28.